The molecule has 1 saturated carbocycles. The lowest BCUT2D eigenvalue weighted by Gasteiger charge is -2.44. The van der Waals surface area contributed by atoms with Crippen molar-refractivity contribution in [3.63, 3.8) is 0 Å². The number of aliphatic carboxylic acids is 1. The van der Waals surface area contributed by atoms with Crippen molar-refractivity contribution in [2.45, 2.75) is 72.3 Å². The maximum Gasteiger partial charge on any atom is 0.348 e. The molecular formula is C16H28O4. The van der Waals surface area contributed by atoms with E-state index in [1.807, 2.05) is 13.8 Å². The molecule has 4 nitrogen and oxygen atoms in total. The minimum Gasteiger partial charge on any atom is -0.478 e. The first kappa shape index (κ1) is 17.0. The average molecular weight is 284 g/mol. The van der Waals surface area contributed by atoms with Gasteiger partial charge in [-0.2, -0.15) is 0 Å². The van der Waals surface area contributed by atoms with Crippen LogP contribution in [0, 0.1) is 17.3 Å². The topological polar surface area (TPSA) is 63.6 Å². The minimum absolute atomic E-state index is 0.211. The predicted octanol–water partition coefficient (Wildman–Crippen LogP) is 3.64. The molecule has 4 unspecified atom stereocenters. The molecule has 0 aromatic carbocycles. The summed E-state index contributed by atoms with van der Waals surface area (Å²) in [6.07, 6.45) is 3.15. The first-order valence-electron chi connectivity index (χ1n) is 7.74. The van der Waals surface area contributed by atoms with Crippen LogP contribution in [-0.2, 0) is 14.3 Å². The first-order chi connectivity index (χ1) is 9.29. The van der Waals surface area contributed by atoms with Gasteiger partial charge in [-0.25, -0.2) is 4.79 Å². The summed E-state index contributed by atoms with van der Waals surface area (Å²) in [5.74, 6) is -0.703. The Morgan fingerprint density at radius 1 is 1.35 bits per heavy atom. The minimum atomic E-state index is -1.36. The van der Waals surface area contributed by atoms with E-state index in [0.717, 1.165) is 12.8 Å². The summed E-state index contributed by atoms with van der Waals surface area (Å²) in [5.41, 5.74) is -1.86. The highest BCUT2D eigenvalue weighted by molar-refractivity contribution is 5.83. The van der Waals surface area contributed by atoms with Crippen molar-refractivity contribution in [3.05, 3.63) is 0 Å². The van der Waals surface area contributed by atoms with Gasteiger partial charge in [0.2, 0.25) is 5.60 Å². The number of ether oxygens (including phenoxy) is 1. The molecule has 4 heteroatoms. The van der Waals surface area contributed by atoms with Crippen LogP contribution in [0.3, 0.4) is 0 Å². The van der Waals surface area contributed by atoms with E-state index in [2.05, 4.69) is 13.8 Å². The lowest BCUT2D eigenvalue weighted by atomic mass is 9.65. The largest absolute Gasteiger partial charge is 0.478 e. The molecule has 0 spiro atoms. The van der Waals surface area contributed by atoms with Crippen molar-refractivity contribution in [2.75, 3.05) is 0 Å². The molecular weight excluding hydrogens is 256 g/mol. The van der Waals surface area contributed by atoms with Gasteiger partial charge in [-0.1, -0.05) is 41.0 Å². The highest BCUT2D eigenvalue weighted by atomic mass is 16.6. The normalized spacial score (nSPS) is 34.8. The molecule has 0 saturated heterocycles. The quantitative estimate of drug-likeness (QED) is 0.756. The van der Waals surface area contributed by atoms with Crippen molar-refractivity contribution in [2.24, 2.45) is 17.3 Å². The fourth-order valence-electron chi connectivity index (χ4n) is 3.84. The van der Waals surface area contributed by atoms with E-state index in [-0.39, 0.29) is 12.3 Å². The van der Waals surface area contributed by atoms with Gasteiger partial charge >= 0.3 is 11.9 Å². The summed E-state index contributed by atoms with van der Waals surface area (Å²) in [5, 5.41) is 9.77. The lowest BCUT2D eigenvalue weighted by Crippen LogP contribution is -2.54. The summed E-state index contributed by atoms with van der Waals surface area (Å²) >= 11 is 0. The van der Waals surface area contributed by atoms with Crippen LogP contribution in [0.5, 0.6) is 0 Å². The molecule has 0 radical (unpaired) electrons. The Kier molecular flexibility index (Phi) is 5.22. The number of hydrogen-bond donors (Lipinski definition) is 1. The van der Waals surface area contributed by atoms with Crippen LogP contribution in [-0.4, -0.2) is 22.6 Å². The van der Waals surface area contributed by atoms with Crippen molar-refractivity contribution >= 4 is 11.9 Å². The molecule has 1 N–H and O–H groups in total. The Morgan fingerprint density at radius 2 is 1.95 bits per heavy atom. The van der Waals surface area contributed by atoms with E-state index >= 15 is 0 Å². The van der Waals surface area contributed by atoms with E-state index in [0.29, 0.717) is 18.8 Å². The average Bonchev–Trinajstić information content (AvgIpc) is 2.73. The zero-order valence-corrected chi connectivity index (χ0v) is 13.4. The Morgan fingerprint density at radius 3 is 2.35 bits per heavy atom. The molecule has 0 aromatic heterocycles. The number of carbonyl (C=O) groups is 2. The van der Waals surface area contributed by atoms with Crippen LogP contribution in [0.15, 0.2) is 0 Å². The van der Waals surface area contributed by atoms with Crippen LogP contribution in [0.25, 0.3) is 0 Å². The fraction of sp³-hybridized carbons (Fsp3) is 0.875. The van der Waals surface area contributed by atoms with E-state index in [4.69, 9.17) is 4.74 Å². The van der Waals surface area contributed by atoms with Gasteiger partial charge in [-0.15, -0.1) is 0 Å². The Bertz CT molecular complexity index is 379. The molecule has 1 fully saturated rings. The summed E-state index contributed by atoms with van der Waals surface area (Å²) in [6, 6.07) is 0. The van der Waals surface area contributed by atoms with E-state index in [1.165, 1.54) is 0 Å². The summed E-state index contributed by atoms with van der Waals surface area (Å²) in [4.78, 5) is 23.7. The molecule has 4 atom stereocenters. The maximum atomic E-state index is 11.9. The molecule has 0 amide bonds. The number of hydrogen-bond acceptors (Lipinski definition) is 3. The van der Waals surface area contributed by atoms with Crippen molar-refractivity contribution in [3.8, 4) is 0 Å². The van der Waals surface area contributed by atoms with Gasteiger partial charge in [0.05, 0.1) is 0 Å². The number of esters is 1. The standard InChI is InChI=1S/C16H28O4/c1-6-11(4)12-9-10-16(14(18)19,15(12,5)8-3)20-13(17)7-2/h11-12H,6-10H2,1-5H3,(H,18,19). The van der Waals surface area contributed by atoms with Crippen LogP contribution < -0.4 is 0 Å². The van der Waals surface area contributed by atoms with Gasteiger partial charge in [-0.3, -0.25) is 4.79 Å². The molecule has 1 rings (SSSR count). The third-order valence-electron chi connectivity index (χ3n) is 5.54. The summed E-state index contributed by atoms with van der Waals surface area (Å²) in [6.45, 7) is 9.96. The van der Waals surface area contributed by atoms with Gasteiger partial charge < -0.3 is 9.84 Å². The molecule has 0 aromatic rings. The van der Waals surface area contributed by atoms with Gasteiger partial charge in [0.15, 0.2) is 0 Å². The van der Waals surface area contributed by atoms with E-state index < -0.39 is 23.0 Å². The maximum absolute atomic E-state index is 11.9. The molecule has 1 aliphatic carbocycles. The van der Waals surface area contributed by atoms with Crippen LogP contribution in [0.2, 0.25) is 0 Å². The highest BCUT2D eigenvalue weighted by Crippen LogP contribution is 2.57. The SMILES string of the molecule is CCC(=O)OC1(C(=O)O)CCC(C(C)CC)C1(C)CC. The second-order valence-electron chi connectivity index (χ2n) is 6.26. The molecule has 0 aliphatic heterocycles. The number of carboxylic acids is 1. The molecule has 116 valence electrons. The number of rotatable bonds is 6. The van der Waals surface area contributed by atoms with Gasteiger partial charge in [-0.05, 0) is 31.1 Å². The van der Waals surface area contributed by atoms with E-state index in [1.54, 1.807) is 6.92 Å². The molecule has 0 heterocycles. The van der Waals surface area contributed by atoms with E-state index in [9.17, 15) is 14.7 Å². The van der Waals surface area contributed by atoms with Crippen LogP contribution in [0.4, 0.5) is 0 Å². The predicted molar refractivity (Wildman–Crippen MR) is 77.3 cm³/mol. The summed E-state index contributed by atoms with van der Waals surface area (Å²) in [7, 11) is 0. The van der Waals surface area contributed by atoms with Gasteiger partial charge in [0, 0.05) is 11.8 Å². The molecule has 20 heavy (non-hydrogen) atoms. The zero-order valence-electron chi connectivity index (χ0n) is 13.4. The van der Waals surface area contributed by atoms with Crippen molar-refractivity contribution in [1.29, 1.82) is 0 Å². The number of carboxylic acid groups (broad SMARTS) is 1. The van der Waals surface area contributed by atoms with Crippen molar-refractivity contribution in [1.82, 2.24) is 0 Å². The highest BCUT2D eigenvalue weighted by Gasteiger charge is 2.64. The second-order valence-corrected chi connectivity index (χ2v) is 6.26. The Hall–Kier alpha value is -1.06. The third-order valence-corrected chi connectivity index (χ3v) is 5.54. The number of carbonyl (C=O) groups excluding carboxylic acids is 1. The smallest absolute Gasteiger partial charge is 0.348 e. The zero-order chi connectivity index (χ0) is 15.6. The van der Waals surface area contributed by atoms with Crippen LogP contribution in [0.1, 0.15) is 66.7 Å². The van der Waals surface area contributed by atoms with Crippen molar-refractivity contribution < 1.29 is 19.4 Å². The first-order valence-corrected chi connectivity index (χ1v) is 7.74. The molecule has 1 aliphatic rings. The lowest BCUT2D eigenvalue weighted by molar-refractivity contribution is -0.195. The third kappa shape index (κ3) is 2.45. The second kappa shape index (κ2) is 6.15. The Labute approximate surface area is 121 Å². The summed E-state index contributed by atoms with van der Waals surface area (Å²) < 4.78 is 5.50. The fourth-order valence-corrected chi connectivity index (χ4v) is 3.84. The Balaban J connectivity index is 3.24. The monoisotopic (exact) mass is 284 g/mol. The van der Waals surface area contributed by atoms with Crippen LogP contribution >= 0.6 is 0 Å². The van der Waals surface area contributed by atoms with Gasteiger partial charge in [0.25, 0.3) is 0 Å². The molecule has 0 bridgehead atoms. The van der Waals surface area contributed by atoms with Gasteiger partial charge in [0.1, 0.15) is 0 Å².